The number of methoxy groups -OCH3 is 1. The molecule has 4 rings (SSSR count). The van der Waals surface area contributed by atoms with E-state index in [4.69, 9.17) is 10.5 Å². The van der Waals surface area contributed by atoms with Crippen molar-refractivity contribution < 1.29 is 32.1 Å². The van der Waals surface area contributed by atoms with Gasteiger partial charge in [-0.25, -0.2) is 4.79 Å². The zero-order valence-corrected chi connectivity index (χ0v) is 19.0. The summed E-state index contributed by atoms with van der Waals surface area (Å²) >= 11 is 3.12. The van der Waals surface area contributed by atoms with Crippen LogP contribution < -0.4 is 5.73 Å². The summed E-state index contributed by atoms with van der Waals surface area (Å²) in [5.74, 6) is -2.36. The van der Waals surface area contributed by atoms with Gasteiger partial charge in [0.1, 0.15) is 11.0 Å². The Bertz CT molecular complexity index is 1570. The number of anilines is 1. The molecule has 3 aromatic rings. The van der Waals surface area contributed by atoms with E-state index < -0.39 is 49.5 Å². The van der Waals surface area contributed by atoms with Gasteiger partial charge in [-0.1, -0.05) is 24.3 Å². The molecule has 1 aliphatic carbocycles. The first-order valence-electron chi connectivity index (χ1n) is 9.04. The van der Waals surface area contributed by atoms with Crippen LogP contribution >= 0.6 is 15.9 Å². The molecule has 0 spiro atoms. The highest BCUT2D eigenvalue weighted by Crippen LogP contribution is 2.40. The quantitative estimate of drug-likeness (QED) is 0.298. The van der Waals surface area contributed by atoms with Gasteiger partial charge in [0.25, 0.3) is 10.1 Å². The van der Waals surface area contributed by atoms with Gasteiger partial charge >= 0.3 is 5.97 Å². The van der Waals surface area contributed by atoms with E-state index in [1.54, 1.807) is 12.1 Å². The maximum absolute atomic E-state index is 13.5. The number of nitrogens with two attached hydrogens (primary N) is 1. The molecule has 0 fully saturated rings. The fourth-order valence-corrected chi connectivity index (χ4v) is 5.21. The predicted octanol–water partition coefficient (Wildman–Crippen LogP) is 2.50. The number of ether oxygens (including phenoxy) is 1. The molecule has 0 bridgehead atoms. The Labute approximate surface area is 195 Å². The molecule has 10 nitrogen and oxygen atoms in total. The fourth-order valence-electron chi connectivity index (χ4n) is 3.73. The smallest absolute Gasteiger partial charge is 0.357 e. The number of rotatable bonds is 3. The lowest BCUT2D eigenvalue weighted by Crippen LogP contribution is -2.26. The number of carbonyl (C=O) groups excluding carboxylic acids is 3. The number of nitrogens with zero attached hydrogens (tertiary/aromatic N) is 2. The SMILES string of the molecule is COC(=O)c1c(N)c(C#N)cn1-c1c(S(=O)(=O)O)cc(Br)c2c1C(=O)c1ccccc1C2=O. The second-order valence-electron chi connectivity index (χ2n) is 6.91. The molecule has 0 aliphatic heterocycles. The highest BCUT2D eigenvalue weighted by molar-refractivity contribution is 9.10. The van der Waals surface area contributed by atoms with Crippen molar-refractivity contribution in [2.75, 3.05) is 12.8 Å². The van der Waals surface area contributed by atoms with Gasteiger partial charge in [-0.2, -0.15) is 13.7 Å². The van der Waals surface area contributed by atoms with Gasteiger partial charge in [-0.15, -0.1) is 0 Å². The molecular weight excluding hydrogens is 518 g/mol. The topological polar surface area (TPSA) is 170 Å². The average molecular weight is 530 g/mol. The van der Waals surface area contributed by atoms with E-state index in [1.165, 1.54) is 18.2 Å². The van der Waals surface area contributed by atoms with Crippen LogP contribution in [0.2, 0.25) is 0 Å². The molecule has 1 aromatic heterocycles. The Kier molecular flexibility index (Phi) is 5.20. The van der Waals surface area contributed by atoms with Crippen LogP contribution in [0.15, 0.2) is 45.9 Å². The maximum Gasteiger partial charge on any atom is 0.357 e. The van der Waals surface area contributed by atoms with Crippen molar-refractivity contribution in [3.8, 4) is 11.8 Å². The summed E-state index contributed by atoms with van der Waals surface area (Å²) in [7, 11) is -3.97. The van der Waals surface area contributed by atoms with Gasteiger partial charge in [0.2, 0.25) is 0 Å². The predicted molar refractivity (Wildman–Crippen MR) is 117 cm³/mol. The Morgan fingerprint density at radius 3 is 2.27 bits per heavy atom. The minimum absolute atomic E-state index is 0.00381. The second-order valence-corrected chi connectivity index (χ2v) is 9.16. The number of fused-ring (bicyclic) bond motifs is 2. The van der Waals surface area contributed by atoms with E-state index in [0.717, 1.165) is 23.9 Å². The van der Waals surface area contributed by atoms with Crippen molar-refractivity contribution in [3.05, 3.63) is 74.5 Å². The van der Waals surface area contributed by atoms with E-state index in [-0.39, 0.29) is 32.4 Å². The third kappa shape index (κ3) is 3.25. The monoisotopic (exact) mass is 529 g/mol. The van der Waals surface area contributed by atoms with Gasteiger partial charge in [0, 0.05) is 21.8 Å². The molecule has 0 radical (unpaired) electrons. The number of halogens is 1. The molecule has 0 saturated carbocycles. The van der Waals surface area contributed by atoms with Gasteiger partial charge in [-0.05, 0) is 22.0 Å². The van der Waals surface area contributed by atoms with Crippen LogP contribution in [0.3, 0.4) is 0 Å². The standard InChI is InChI=1S/C21H12BrN3O7S/c1-32-21(28)18-16(24)9(7-23)8-25(18)17-13(33(29,30)31)6-12(22)14-15(17)20(27)11-5-3-2-4-10(11)19(14)26/h2-6,8H,24H2,1H3,(H,29,30,31). The van der Waals surface area contributed by atoms with E-state index in [2.05, 4.69) is 15.9 Å². The van der Waals surface area contributed by atoms with Crippen LogP contribution in [0.5, 0.6) is 0 Å². The van der Waals surface area contributed by atoms with Crippen molar-refractivity contribution in [2.45, 2.75) is 4.90 Å². The summed E-state index contributed by atoms with van der Waals surface area (Å²) in [4.78, 5) is 38.5. The van der Waals surface area contributed by atoms with Crippen LogP contribution in [0, 0.1) is 11.3 Å². The third-order valence-corrected chi connectivity index (χ3v) is 6.64. The normalized spacial score (nSPS) is 12.7. The molecule has 33 heavy (non-hydrogen) atoms. The molecule has 1 heterocycles. The minimum atomic E-state index is -5.01. The molecule has 0 unspecified atom stereocenters. The summed E-state index contributed by atoms with van der Waals surface area (Å²) in [5.41, 5.74) is 3.90. The van der Waals surface area contributed by atoms with Gasteiger partial charge in [0.15, 0.2) is 17.3 Å². The van der Waals surface area contributed by atoms with Crippen molar-refractivity contribution in [1.82, 2.24) is 4.57 Å². The lowest BCUT2D eigenvalue weighted by molar-refractivity contribution is 0.0592. The first kappa shape index (κ1) is 22.4. The number of carbonyl (C=O) groups is 3. The Morgan fingerprint density at radius 1 is 1.18 bits per heavy atom. The number of ketones is 2. The Morgan fingerprint density at radius 2 is 1.76 bits per heavy atom. The first-order chi connectivity index (χ1) is 15.5. The molecule has 3 N–H and O–H groups in total. The lowest BCUT2D eigenvalue weighted by Gasteiger charge is -2.24. The summed E-state index contributed by atoms with van der Waals surface area (Å²) in [5, 5.41) is 9.40. The zero-order chi connectivity index (χ0) is 24.2. The Balaban J connectivity index is 2.25. The minimum Gasteiger partial charge on any atom is -0.464 e. The van der Waals surface area contributed by atoms with Crippen LogP contribution in [0.1, 0.15) is 47.9 Å². The number of nitriles is 1. The Hall–Kier alpha value is -3.79. The highest BCUT2D eigenvalue weighted by atomic mass is 79.9. The van der Waals surface area contributed by atoms with Crippen molar-refractivity contribution in [3.63, 3.8) is 0 Å². The number of nitrogen functional groups attached to an aromatic ring is 1. The van der Waals surface area contributed by atoms with Gasteiger partial charge in [-0.3, -0.25) is 14.1 Å². The highest BCUT2D eigenvalue weighted by Gasteiger charge is 2.38. The van der Waals surface area contributed by atoms with E-state index >= 15 is 0 Å². The average Bonchev–Trinajstić information content (AvgIpc) is 3.11. The molecular formula is C21H12BrN3O7S. The number of hydrogen-bond donors (Lipinski definition) is 2. The third-order valence-electron chi connectivity index (χ3n) is 5.15. The largest absolute Gasteiger partial charge is 0.464 e. The van der Waals surface area contributed by atoms with Crippen molar-refractivity contribution in [2.24, 2.45) is 0 Å². The molecule has 0 saturated heterocycles. The fraction of sp³-hybridized carbons (Fsp3) is 0.0476. The lowest BCUT2D eigenvalue weighted by atomic mass is 9.83. The molecule has 0 amide bonds. The van der Waals surface area contributed by atoms with Crippen LogP contribution in [0.25, 0.3) is 5.69 Å². The number of benzene rings is 2. The first-order valence-corrected chi connectivity index (χ1v) is 11.3. The van der Waals surface area contributed by atoms with Crippen molar-refractivity contribution in [1.29, 1.82) is 5.26 Å². The molecule has 1 aliphatic rings. The number of hydrogen-bond acceptors (Lipinski definition) is 8. The summed E-state index contributed by atoms with van der Waals surface area (Å²) in [6, 6.07) is 8.63. The molecule has 12 heteroatoms. The summed E-state index contributed by atoms with van der Waals surface area (Å²) < 4.78 is 40.1. The van der Waals surface area contributed by atoms with E-state index in [0.29, 0.717) is 0 Å². The van der Waals surface area contributed by atoms with Crippen LogP contribution in [-0.4, -0.2) is 42.2 Å². The van der Waals surface area contributed by atoms with Crippen LogP contribution in [0.4, 0.5) is 5.69 Å². The van der Waals surface area contributed by atoms with Gasteiger partial charge in [0.05, 0.1) is 35.2 Å². The molecule has 2 aromatic carbocycles. The molecule has 0 atom stereocenters. The van der Waals surface area contributed by atoms with Crippen LogP contribution in [-0.2, 0) is 14.9 Å². The zero-order valence-electron chi connectivity index (χ0n) is 16.6. The maximum atomic E-state index is 13.5. The van der Waals surface area contributed by atoms with Crippen molar-refractivity contribution >= 4 is 49.3 Å². The van der Waals surface area contributed by atoms with E-state index in [9.17, 15) is 32.6 Å². The number of esters is 1. The summed E-state index contributed by atoms with van der Waals surface area (Å²) in [6.45, 7) is 0. The van der Waals surface area contributed by atoms with E-state index in [1.807, 2.05) is 0 Å². The number of aromatic nitrogens is 1. The van der Waals surface area contributed by atoms with Gasteiger partial charge < -0.3 is 15.0 Å². The molecule has 166 valence electrons. The second kappa shape index (κ2) is 7.66. The summed E-state index contributed by atoms with van der Waals surface area (Å²) in [6.07, 6.45) is 1.03.